The molecule has 1 aromatic heterocycles. The highest BCUT2D eigenvalue weighted by Crippen LogP contribution is 2.21. The Labute approximate surface area is 134 Å². The van der Waals surface area contributed by atoms with Crippen molar-refractivity contribution in [2.24, 2.45) is 0 Å². The molecule has 1 aliphatic rings. The van der Waals surface area contributed by atoms with Crippen LogP contribution < -0.4 is 10.1 Å². The topological polar surface area (TPSA) is 71.5 Å². The number of anilines is 1. The van der Waals surface area contributed by atoms with Crippen LogP contribution in [0.15, 0.2) is 54.9 Å². The van der Waals surface area contributed by atoms with Crippen molar-refractivity contribution < 1.29 is 14.3 Å². The Morgan fingerprint density at radius 1 is 1.17 bits per heavy atom. The number of aromatic nitrogens is 1. The summed E-state index contributed by atoms with van der Waals surface area (Å²) < 4.78 is 5.32. The summed E-state index contributed by atoms with van der Waals surface area (Å²) in [4.78, 5) is 30.1. The lowest BCUT2D eigenvalue weighted by molar-refractivity contribution is -0.119. The fourth-order valence-corrected chi connectivity index (χ4v) is 2.57. The Morgan fingerprint density at radius 2 is 2.00 bits per heavy atom. The Balaban J connectivity index is 1.65. The van der Waals surface area contributed by atoms with Gasteiger partial charge in [0, 0.05) is 12.7 Å². The Morgan fingerprint density at radius 3 is 2.74 bits per heavy atom. The molecule has 1 saturated heterocycles. The lowest BCUT2D eigenvalue weighted by Crippen LogP contribution is -2.44. The van der Waals surface area contributed by atoms with Crippen molar-refractivity contribution in [2.45, 2.75) is 18.9 Å². The molecule has 3 rings (SSSR count). The Bertz CT molecular complexity index is 616. The standard InChI is InChI=1S/C17H17N3O3/c21-16(19-13-6-4-10-18-12-13)15-9-5-11-20(15)17(22)23-14-7-2-1-3-8-14/h1-4,6-8,10,12,15H,5,9,11H2,(H,19,21). The summed E-state index contributed by atoms with van der Waals surface area (Å²) >= 11 is 0. The predicted molar refractivity (Wildman–Crippen MR) is 85.1 cm³/mol. The summed E-state index contributed by atoms with van der Waals surface area (Å²) in [6.45, 7) is 0.511. The first-order valence-corrected chi connectivity index (χ1v) is 7.48. The highest BCUT2D eigenvalue weighted by molar-refractivity contribution is 5.96. The van der Waals surface area contributed by atoms with Gasteiger partial charge >= 0.3 is 6.09 Å². The van der Waals surface area contributed by atoms with Crippen LogP contribution in [-0.4, -0.2) is 34.5 Å². The zero-order valence-electron chi connectivity index (χ0n) is 12.5. The predicted octanol–water partition coefficient (Wildman–Crippen LogP) is 2.68. The molecule has 1 aliphatic heterocycles. The van der Waals surface area contributed by atoms with Crippen LogP contribution in [0.2, 0.25) is 0 Å². The van der Waals surface area contributed by atoms with Gasteiger partial charge in [0.15, 0.2) is 0 Å². The first-order chi connectivity index (χ1) is 11.2. The van der Waals surface area contributed by atoms with Crippen molar-refractivity contribution in [3.63, 3.8) is 0 Å². The minimum absolute atomic E-state index is 0.222. The van der Waals surface area contributed by atoms with E-state index in [2.05, 4.69) is 10.3 Å². The molecule has 118 valence electrons. The van der Waals surface area contributed by atoms with Gasteiger partial charge < -0.3 is 10.1 Å². The van der Waals surface area contributed by atoms with E-state index in [1.54, 1.807) is 48.8 Å². The summed E-state index contributed by atoms with van der Waals surface area (Å²) in [5, 5.41) is 2.78. The van der Waals surface area contributed by atoms with Crippen molar-refractivity contribution in [1.29, 1.82) is 0 Å². The van der Waals surface area contributed by atoms with E-state index in [4.69, 9.17) is 4.74 Å². The monoisotopic (exact) mass is 311 g/mol. The number of likely N-dealkylation sites (tertiary alicyclic amines) is 1. The van der Waals surface area contributed by atoms with Crippen LogP contribution in [0.5, 0.6) is 5.75 Å². The molecule has 2 amide bonds. The Hall–Kier alpha value is -2.89. The average molecular weight is 311 g/mol. The number of carbonyl (C=O) groups excluding carboxylic acids is 2. The fraction of sp³-hybridized carbons (Fsp3) is 0.235. The molecule has 0 radical (unpaired) electrons. The van der Waals surface area contributed by atoms with Crippen molar-refractivity contribution in [1.82, 2.24) is 9.88 Å². The van der Waals surface area contributed by atoms with Gasteiger partial charge in [0.05, 0.1) is 11.9 Å². The number of para-hydroxylation sites is 1. The lowest BCUT2D eigenvalue weighted by atomic mass is 10.2. The molecule has 0 bridgehead atoms. The number of ether oxygens (including phenoxy) is 1. The number of rotatable bonds is 3. The maximum atomic E-state index is 12.4. The maximum absolute atomic E-state index is 12.4. The molecule has 6 heteroatoms. The Kier molecular flexibility index (Phi) is 4.52. The quantitative estimate of drug-likeness (QED) is 0.946. The highest BCUT2D eigenvalue weighted by Gasteiger charge is 2.35. The zero-order chi connectivity index (χ0) is 16.1. The van der Waals surface area contributed by atoms with Gasteiger partial charge in [-0.1, -0.05) is 18.2 Å². The minimum Gasteiger partial charge on any atom is -0.410 e. The van der Waals surface area contributed by atoms with Crippen LogP contribution in [0.1, 0.15) is 12.8 Å². The molecule has 0 aliphatic carbocycles. The first kappa shape index (κ1) is 15.0. The number of amides is 2. The van der Waals surface area contributed by atoms with E-state index in [0.717, 1.165) is 6.42 Å². The molecule has 1 N–H and O–H groups in total. The van der Waals surface area contributed by atoms with Crippen molar-refractivity contribution in [3.8, 4) is 5.75 Å². The molecule has 1 aromatic carbocycles. The molecule has 1 atom stereocenters. The average Bonchev–Trinajstić information content (AvgIpc) is 3.06. The molecule has 1 unspecified atom stereocenters. The number of benzene rings is 1. The third-order valence-electron chi connectivity index (χ3n) is 3.67. The number of pyridine rings is 1. The largest absolute Gasteiger partial charge is 0.415 e. The second-order valence-corrected chi connectivity index (χ2v) is 5.26. The van der Waals surface area contributed by atoms with Crippen LogP contribution in [0.25, 0.3) is 0 Å². The van der Waals surface area contributed by atoms with Gasteiger partial charge in [-0.25, -0.2) is 4.79 Å². The highest BCUT2D eigenvalue weighted by atomic mass is 16.6. The molecule has 23 heavy (non-hydrogen) atoms. The smallest absolute Gasteiger partial charge is 0.410 e. The summed E-state index contributed by atoms with van der Waals surface area (Å²) in [7, 11) is 0. The van der Waals surface area contributed by atoms with E-state index in [1.165, 1.54) is 4.90 Å². The van der Waals surface area contributed by atoms with E-state index < -0.39 is 12.1 Å². The van der Waals surface area contributed by atoms with E-state index in [9.17, 15) is 9.59 Å². The molecule has 1 fully saturated rings. The SMILES string of the molecule is O=C(Nc1cccnc1)C1CCCN1C(=O)Oc1ccccc1. The van der Waals surface area contributed by atoms with Gasteiger partial charge in [0.2, 0.25) is 5.91 Å². The summed E-state index contributed by atoms with van der Waals surface area (Å²) in [5.74, 6) is 0.247. The van der Waals surface area contributed by atoms with Gasteiger partial charge in [-0.3, -0.25) is 14.7 Å². The summed E-state index contributed by atoms with van der Waals surface area (Å²) in [6, 6.07) is 11.8. The fourth-order valence-electron chi connectivity index (χ4n) is 2.57. The van der Waals surface area contributed by atoms with E-state index >= 15 is 0 Å². The molecular formula is C17H17N3O3. The number of carbonyl (C=O) groups is 2. The molecule has 2 heterocycles. The van der Waals surface area contributed by atoms with Gasteiger partial charge in [-0.2, -0.15) is 0 Å². The van der Waals surface area contributed by atoms with Crippen LogP contribution in [0.4, 0.5) is 10.5 Å². The number of nitrogens with one attached hydrogen (secondary N) is 1. The normalized spacial score (nSPS) is 16.9. The first-order valence-electron chi connectivity index (χ1n) is 7.48. The maximum Gasteiger partial charge on any atom is 0.415 e. The second kappa shape index (κ2) is 6.91. The van der Waals surface area contributed by atoms with E-state index in [0.29, 0.717) is 24.4 Å². The van der Waals surface area contributed by atoms with Crippen molar-refractivity contribution in [3.05, 3.63) is 54.9 Å². The van der Waals surface area contributed by atoms with Crippen molar-refractivity contribution in [2.75, 3.05) is 11.9 Å². The third-order valence-corrected chi connectivity index (χ3v) is 3.67. The van der Waals surface area contributed by atoms with Gasteiger partial charge in [0.25, 0.3) is 0 Å². The minimum atomic E-state index is -0.522. The number of hydrogen-bond acceptors (Lipinski definition) is 4. The summed E-state index contributed by atoms with van der Waals surface area (Å²) in [5.41, 5.74) is 0.612. The molecule has 2 aromatic rings. The molecule has 0 saturated carbocycles. The molecule has 0 spiro atoms. The van der Waals surface area contributed by atoms with E-state index in [-0.39, 0.29) is 5.91 Å². The van der Waals surface area contributed by atoms with Crippen LogP contribution >= 0.6 is 0 Å². The van der Waals surface area contributed by atoms with Crippen LogP contribution in [-0.2, 0) is 4.79 Å². The third kappa shape index (κ3) is 3.66. The zero-order valence-corrected chi connectivity index (χ0v) is 12.5. The van der Waals surface area contributed by atoms with Crippen LogP contribution in [0.3, 0.4) is 0 Å². The summed E-state index contributed by atoms with van der Waals surface area (Å²) in [6.07, 6.45) is 4.10. The lowest BCUT2D eigenvalue weighted by Gasteiger charge is -2.23. The van der Waals surface area contributed by atoms with Gasteiger partial charge in [-0.05, 0) is 37.1 Å². The number of hydrogen-bond donors (Lipinski definition) is 1. The second-order valence-electron chi connectivity index (χ2n) is 5.26. The van der Waals surface area contributed by atoms with Gasteiger partial charge in [-0.15, -0.1) is 0 Å². The molecular weight excluding hydrogens is 294 g/mol. The number of nitrogens with zero attached hydrogens (tertiary/aromatic N) is 2. The van der Waals surface area contributed by atoms with Crippen molar-refractivity contribution >= 4 is 17.7 Å². The van der Waals surface area contributed by atoms with Crippen LogP contribution in [0, 0.1) is 0 Å². The van der Waals surface area contributed by atoms with E-state index in [1.807, 2.05) is 6.07 Å². The van der Waals surface area contributed by atoms with Gasteiger partial charge in [0.1, 0.15) is 11.8 Å². The molecule has 6 nitrogen and oxygen atoms in total.